The molecule has 51 heavy (non-hydrogen) atoms. The molecule has 0 saturated heterocycles. The highest BCUT2D eigenvalue weighted by Crippen LogP contribution is 2.59. The molecule has 5 aromatic rings. The van der Waals surface area contributed by atoms with E-state index in [0.29, 0.717) is 55.4 Å². The minimum absolute atomic E-state index is 0.0296. The Bertz CT molecular complexity index is 2100. The Morgan fingerprint density at radius 1 is 0.980 bits per heavy atom. The smallest absolute Gasteiger partial charge is 0.252 e. The zero-order valence-corrected chi connectivity index (χ0v) is 32.4. The van der Waals surface area contributed by atoms with Crippen molar-refractivity contribution in [2.24, 2.45) is 5.41 Å². The molecule has 2 aromatic carbocycles. The number of hydrogen-bond acceptors (Lipinski definition) is 8. The Kier molecular flexibility index (Phi) is 10.6. The lowest BCUT2D eigenvalue weighted by atomic mass is 9.65. The van der Waals surface area contributed by atoms with Crippen molar-refractivity contribution in [3.8, 4) is 0 Å². The van der Waals surface area contributed by atoms with Crippen molar-refractivity contribution in [2.45, 2.75) is 87.0 Å². The molecule has 3 aliphatic carbocycles. The number of carbonyl (C=O) groups excluding carboxylic acids is 1. The Balaban J connectivity index is 1.31. The summed E-state index contributed by atoms with van der Waals surface area (Å²) in [6.45, 7) is 4.43. The predicted molar refractivity (Wildman–Crippen MR) is 210 cm³/mol. The number of rotatable bonds is 9. The molecule has 6 nitrogen and oxygen atoms in total. The molecule has 1 saturated carbocycles. The Morgan fingerprint density at radius 3 is 2.55 bits per heavy atom. The van der Waals surface area contributed by atoms with E-state index in [1.165, 1.54) is 32.6 Å². The molecule has 3 aliphatic rings. The van der Waals surface area contributed by atoms with Gasteiger partial charge in [-0.3, -0.25) is 4.79 Å². The lowest BCUT2D eigenvalue weighted by Gasteiger charge is -2.46. The molecule has 0 spiro atoms. The molecule has 10 heteroatoms. The van der Waals surface area contributed by atoms with Gasteiger partial charge in [-0.1, -0.05) is 61.0 Å². The van der Waals surface area contributed by atoms with Gasteiger partial charge in [-0.15, -0.1) is 34.0 Å². The Labute approximate surface area is 313 Å². The average molecular weight is 760 g/mol. The van der Waals surface area contributed by atoms with E-state index in [0.717, 1.165) is 32.5 Å². The third-order valence-electron chi connectivity index (χ3n) is 11.3. The molecule has 8 rings (SSSR count). The van der Waals surface area contributed by atoms with Gasteiger partial charge < -0.3 is 10.2 Å². The van der Waals surface area contributed by atoms with Crippen LogP contribution in [0.5, 0.6) is 0 Å². The standard InChI is InChI=1S/C41H45NO5S4/c1-28-8-5-19-40(2)35(17-20-41(40,45)27-42(21-18-32-10-6-22-48-32)51(46,47)38-12-7-23-49-38)33-16-14-29(24-31(43)15-13-28)25-34(33)39(44)37-26-30-9-3-4-11-36(30)50-37/h3-4,6-12,14,16,22-23,25-26,31,35,43,45H,5,13,15,17-21,24,27H2,1-2H3/t31-,35-,40-,41+/m0/s1. The van der Waals surface area contributed by atoms with Gasteiger partial charge in [0.1, 0.15) is 4.21 Å². The summed E-state index contributed by atoms with van der Waals surface area (Å²) >= 11 is 4.29. The summed E-state index contributed by atoms with van der Waals surface area (Å²) in [7, 11) is -3.88. The zero-order chi connectivity index (χ0) is 35.8. The summed E-state index contributed by atoms with van der Waals surface area (Å²) in [5, 5.41) is 28.8. The Hall–Kier alpha value is -2.96. The zero-order valence-electron chi connectivity index (χ0n) is 29.1. The van der Waals surface area contributed by atoms with Gasteiger partial charge in [-0.2, -0.15) is 4.31 Å². The highest BCUT2D eigenvalue weighted by Gasteiger charge is 2.58. The van der Waals surface area contributed by atoms with Crippen LogP contribution in [-0.4, -0.2) is 53.5 Å². The first-order chi connectivity index (χ1) is 24.5. The van der Waals surface area contributed by atoms with Crippen molar-refractivity contribution in [1.82, 2.24) is 4.31 Å². The maximum absolute atomic E-state index is 14.6. The monoisotopic (exact) mass is 759 g/mol. The summed E-state index contributed by atoms with van der Waals surface area (Å²) in [6, 6.07) is 23.4. The third-order valence-corrected chi connectivity index (χ3v) is 16.5. The molecule has 0 amide bonds. The summed E-state index contributed by atoms with van der Waals surface area (Å²) in [5.41, 5.74) is 1.49. The van der Waals surface area contributed by atoms with Gasteiger partial charge in [0.05, 0.1) is 16.6 Å². The van der Waals surface area contributed by atoms with Gasteiger partial charge in [-0.25, -0.2) is 8.42 Å². The second-order valence-electron chi connectivity index (χ2n) is 14.5. The number of ketones is 1. The molecular weight excluding hydrogens is 715 g/mol. The molecule has 0 aliphatic heterocycles. The average Bonchev–Trinajstić information content (AvgIpc) is 3.94. The van der Waals surface area contributed by atoms with E-state index in [2.05, 4.69) is 19.9 Å². The van der Waals surface area contributed by atoms with Gasteiger partial charge in [0, 0.05) is 33.6 Å². The number of benzene rings is 2. The highest BCUT2D eigenvalue weighted by atomic mass is 32.2. The van der Waals surface area contributed by atoms with Crippen LogP contribution in [-0.2, 0) is 22.9 Å². The largest absolute Gasteiger partial charge is 0.393 e. The summed E-state index contributed by atoms with van der Waals surface area (Å²) in [5.74, 6) is -0.254. The van der Waals surface area contributed by atoms with E-state index in [1.807, 2.05) is 66.0 Å². The van der Waals surface area contributed by atoms with Crippen LogP contribution in [0.25, 0.3) is 10.1 Å². The number of carbonyl (C=O) groups is 1. The number of hydrogen-bond donors (Lipinski definition) is 2. The maximum Gasteiger partial charge on any atom is 0.252 e. The second kappa shape index (κ2) is 14.8. The second-order valence-corrected chi connectivity index (χ2v) is 19.8. The number of fused-ring (bicyclic) bond motifs is 9. The first-order valence-corrected chi connectivity index (χ1v) is 21.8. The van der Waals surface area contributed by atoms with Crippen molar-refractivity contribution >= 4 is 59.9 Å². The SMILES string of the molecule is CC1=CCC[C@@]2(C)[C@@H](CC[C@@]2(O)CN(CCc2cccs2)S(=O)(=O)c2cccs2)c2ccc(cc2C(=O)c2cc3ccccc3s2)C[C@@H](O)CC1. The van der Waals surface area contributed by atoms with Crippen molar-refractivity contribution in [1.29, 1.82) is 0 Å². The lowest BCUT2D eigenvalue weighted by Crippen LogP contribution is -2.54. The van der Waals surface area contributed by atoms with E-state index < -0.39 is 27.1 Å². The predicted octanol–water partition coefficient (Wildman–Crippen LogP) is 9.23. The summed E-state index contributed by atoms with van der Waals surface area (Å²) in [4.78, 5) is 16.3. The van der Waals surface area contributed by atoms with Crippen LogP contribution in [0.4, 0.5) is 0 Å². The fourth-order valence-corrected chi connectivity index (χ4v) is 12.6. The molecule has 3 heterocycles. The molecule has 2 N–H and O–H groups in total. The van der Waals surface area contributed by atoms with E-state index >= 15 is 0 Å². The fraction of sp³-hybridized carbons (Fsp3) is 0.390. The lowest BCUT2D eigenvalue weighted by molar-refractivity contribution is -0.0722. The third kappa shape index (κ3) is 7.34. The van der Waals surface area contributed by atoms with Gasteiger partial charge in [0.15, 0.2) is 0 Å². The van der Waals surface area contributed by atoms with Crippen LogP contribution in [0.3, 0.4) is 0 Å². The van der Waals surface area contributed by atoms with Gasteiger partial charge in [0.25, 0.3) is 10.0 Å². The van der Waals surface area contributed by atoms with E-state index in [9.17, 15) is 23.4 Å². The quantitative estimate of drug-likeness (QED) is 0.116. The van der Waals surface area contributed by atoms with Crippen LogP contribution in [0.2, 0.25) is 0 Å². The minimum Gasteiger partial charge on any atom is -0.393 e. The summed E-state index contributed by atoms with van der Waals surface area (Å²) in [6.07, 6.45) is 6.40. The molecule has 1 fully saturated rings. The van der Waals surface area contributed by atoms with Crippen LogP contribution in [0.15, 0.2) is 99.4 Å². The topological polar surface area (TPSA) is 94.9 Å². The first-order valence-electron chi connectivity index (χ1n) is 17.8. The van der Waals surface area contributed by atoms with Crippen LogP contribution >= 0.6 is 34.0 Å². The van der Waals surface area contributed by atoms with Gasteiger partial charge in [-0.05, 0) is 122 Å². The normalized spacial score (nSPS) is 24.5. The van der Waals surface area contributed by atoms with Crippen LogP contribution in [0.1, 0.15) is 89.5 Å². The first kappa shape index (κ1) is 36.4. The van der Waals surface area contributed by atoms with Crippen molar-refractivity contribution in [3.63, 3.8) is 0 Å². The molecular formula is C41H45NO5S4. The number of aliphatic hydroxyl groups is 2. The Morgan fingerprint density at radius 2 is 1.78 bits per heavy atom. The fourth-order valence-electron chi connectivity index (χ4n) is 8.23. The number of nitrogens with zero attached hydrogens (tertiary/aromatic N) is 1. The van der Waals surface area contributed by atoms with E-state index in [1.54, 1.807) is 28.8 Å². The van der Waals surface area contributed by atoms with Crippen LogP contribution < -0.4 is 0 Å². The van der Waals surface area contributed by atoms with E-state index in [-0.39, 0.29) is 29.0 Å². The maximum atomic E-state index is 14.6. The number of thiophene rings is 3. The van der Waals surface area contributed by atoms with Crippen molar-refractivity contribution < 1.29 is 23.4 Å². The molecule has 3 aromatic heterocycles. The molecule has 0 radical (unpaired) electrons. The molecule has 268 valence electrons. The highest BCUT2D eigenvalue weighted by molar-refractivity contribution is 7.91. The van der Waals surface area contributed by atoms with Crippen molar-refractivity contribution in [3.05, 3.63) is 122 Å². The van der Waals surface area contributed by atoms with Crippen molar-refractivity contribution in [2.75, 3.05) is 13.1 Å². The number of aliphatic hydroxyl groups excluding tert-OH is 1. The summed E-state index contributed by atoms with van der Waals surface area (Å²) < 4.78 is 31.3. The van der Waals surface area contributed by atoms with E-state index in [4.69, 9.17) is 0 Å². The van der Waals surface area contributed by atoms with Gasteiger partial charge >= 0.3 is 0 Å². The van der Waals surface area contributed by atoms with Crippen LogP contribution in [0, 0.1) is 5.41 Å². The molecule has 0 unspecified atom stereocenters. The number of sulfonamides is 1. The number of allylic oxidation sites excluding steroid dienone is 2. The minimum atomic E-state index is -3.88. The molecule has 2 bridgehead atoms. The van der Waals surface area contributed by atoms with Gasteiger partial charge in [0.2, 0.25) is 5.78 Å². The molecule has 4 atom stereocenters.